The second kappa shape index (κ2) is 12.2. The Morgan fingerprint density at radius 2 is 1.78 bits per heavy atom. The molecule has 0 radical (unpaired) electrons. The number of rotatable bonds is 14. The van der Waals surface area contributed by atoms with E-state index in [0.29, 0.717) is 5.78 Å². The number of unbranched alkanes of at least 4 members (excludes halogenated alkanes) is 2. The van der Waals surface area contributed by atoms with Crippen LogP contribution in [0.5, 0.6) is 0 Å². The smallest absolute Gasteiger partial charge is 0.152 e. The predicted molar refractivity (Wildman–Crippen MR) is 122 cm³/mol. The largest absolute Gasteiger partial charge is 0.318 e. The van der Waals surface area contributed by atoms with Gasteiger partial charge in [0.05, 0.1) is 16.6 Å². The van der Waals surface area contributed by atoms with Crippen molar-refractivity contribution in [3.8, 4) is 0 Å². The Hall–Kier alpha value is -0.450. The van der Waals surface area contributed by atoms with Crippen LogP contribution >= 0.6 is 23.8 Å². The van der Waals surface area contributed by atoms with Gasteiger partial charge in [0.2, 0.25) is 0 Å². The van der Waals surface area contributed by atoms with Gasteiger partial charge in [0.15, 0.2) is 5.78 Å². The van der Waals surface area contributed by atoms with Gasteiger partial charge >= 0.3 is 0 Å². The van der Waals surface area contributed by atoms with E-state index in [-0.39, 0.29) is 10.7 Å². The molecule has 154 valence electrons. The van der Waals surface area contributed by atoms with Crippen molar-refractivity contribution in [2.24, 2.45) is 5.92 Å². The maximum Gasteiger partial charge on any atom is 0.152 e. The molecular weight excluding hydrogens is 372 g/mol. The minimum atomic E-state index is -0.495. The number of ketones is 1. The van der Waals surface area contributed by atoms with Gasteiger partial charge in [-0.25, -0.2) is 0 Å². The molecule has 0 spiro atoms. The Labute approximate surface area is 175 Å². The highest BCUT2D eigenvalue weighted by atomic mass is 32.2. The van der Waals surface area contributed by atoms with Gasteiger partial charge in [-0.1, -0.05) is 76.8 Å². The Morgan fingerprint density at radius 3 is 2.33 bits per heavy atom. The van der Waals surface area contributed by atoms with Crippen LogP contribution in [0.25, 0.3) is 0 Å². The molecule has 1 rings (SSSR count). The lowest BCUT2D eigenvalue weighted by Crippen LogP contribution is -2.53. The van der Waals surface area contributed by atoms with Crippen LogP contribution in [0.1, 0.15) is 78.7 Å². The zero-order chi connectivity index (χ0) is 20.3. The summed E-state index contributed by atoms with van der Waals surface area (Å²) in [5, 5.41) is 0. The molecule has 4 heteroatoms. The minimum Gasteiger partial charge on any atom is -0.318 e. The summed E-state index contributed by atoms with van der Waals surface area (Å²) in [6.45, 7) is 10.9. The van der Waals surface area contributed by atoms with Crippen LogP contribution in [0.3, 0.4) is 0 Å². The van der Waals surface area contributed by atoms with Crippen molar-refractivity contribution in [3.63, 3.8) is 0 Å². The second-order valence-electron chi connectivity index (χ2n) is 7.80. The molecule has 0 bridgehead atoms. The Balaban J connectivity index is 3.10. The first kappa shape index (κ1) is 24.6. The van der Waals surface area contributed by atoms with E-state index in [2.05, 4.69) is 58.9 Å². The summed E-state index contributed by atoms with van der Waals surface area (Å²) in [5.74, 6) is 1.30. The monoisotopic (exact) mass is 410 g/mol. The molecule has 0 aliphatic carbocycles. The van der Waals surface area contributed by atoms with E-state index in [1.54, 1.807) is 18.9 Å². The number of thioether (sulfide) groups is 1. The van der Waals surface area contributed by atoms with Gasteiger partial charge in [-0.15, -0.1) is 11.8 Å². The molecule has 3 atom stereocenters. The summed E-state index contributed by atoms with van der Waals surface area (Å²) in [6.07, 6.45) is 6.49. The van der Waals surface area contributed by atoms with Crippen molar-refractivity contribution < 1.29 is 8.98 Å². The van der Waals surface area contributed by atoms with Crippen molar-refractivity contribution in [3.05, 3.63) is 35.9 Å². The molecule has 1 aromatic carbocycles. The van der Waals surface area contributed by atoms with Gasteiger partial charge in [-0.2, -0.15) is 0 Å². The van der Waals surface area contributed by atoms with Crippen molar-refractivity contribution in [1.29, 1.82) is 0 Å². The predicted octanol–water partition coefficient (Wildman–Crippen LogP) is 7.32. The molecule has 0 saturated heterocycles. The first-order valence-electron chi connectivity index (χ1n) is 10.3. The third-order valence-corrected chi connectivity index (χ3v) is 8.52. The van der Waals surface area contributed by atoms with E-state index < -0.39 is 4.75 Å². The van der Waals surface area contributed by atoms with Gasteiger partial charge in [0.1, 0.15) is 0 Å². The van der Waals surface area contributed by atoms with Crippen LogP contribution in [0.15, 0.2) is 30.3 Å². The molecule has 0 N–H and O–H groups in total. The maximum atomic E-state index is 13.7. The quantitative estimate of drug-likeness (QED) is 0.237. The van der Waals surface area contributed by atoms with Gasteiger partial charge in [-0.05, 0) is 44.3 Å². The van der Waals surface area contributed by atoms with Crippen molar-refractivity contribution >= 4 is 29.6 Å². The summed E-state index contributed by atoms with van der Waals surface area (Å²) in [4.78, 5) is 13.7. The van der Waals surface area contributed by atoms with Crippen molar-refractivity contribution in [2.75, 3.05) is 7.11 Å². The number of carbonyl (C=O) groups is 1. The third-order valence-electron chi connectivity index (χ3n) is 5.53. The molecule has 0 aliphatic rings. The van der Waals surface area contributed by atoms with E-state index in [1.165, 1.54) is 30.4 Å². The lowest BCUT2D eigenvalue weighted by Gasteiger charge is -2.45. The van der Waals surface area contributed by atoms with Crippen LogP contribution in [-0.4, -0.2) is 22.4 Å². The Bertz CT molecular complexity index is 541. The van der Waals surface area contributed by atoms with Crippen molar-refractivity contribution in [2.45, 2.75) is 88.4 Å². The number of carbonyl (C=O) groups excluding carboxylic acids is 1. The topological polar surface area (TPSA) is 26.3 Å². The SMILES string of the molecule is CCCCC[C@@H](C)C(=O)[C@](C)(SCc1ccccc1)C(C)(CCC)SOC. The highest BCUT2D eigenvalue weighted by Gasteiger charge is 2.51. The molecule has 0 saturated carbocycles. The van der Waals surface area contributed by atoms with E-state index >= 15 is 0 Å². The number of hydrogen-bond acceptors (Lipinski definition) is 4. The van der Waals surface area contributed by atoms with Gasteiger partial charge in [-0.3, -0.25) is 4.79 Å². The average Bonchev–Trinajstić information content (AvgIpc) is 2.66. The van der Waals surface area contributed by atoms with Crippen molar-refractivity contribution in [1.82, 2.24) is 0 Å². The number of Topliss-reactive ketones (excluding diaryl/α,β-unsaturated/α-hetero) is 1. The first-order chi connectivity index (χ1) is 12.8. The molecule has 0 aromatic heterocycles. The van der Waals surface area contributed by atoms with Crippen LogP contribution in [-0.2, 0) is 14.7 Å². The fourth-order valence-corrected chi connectivity index (χ4v) is 6.20. The summed E-state index contributed by atoms with van der Waals surface area (Å²) < 4.78 is 4.78. The second-order valence-corrected chi connectivity index (χ2v) is 10.6. The van der Waals surface area contributed by atoms with Gasteiger partial charge in [0, 0.05) is 11.7 Å². The minimum absolute atomic E-state index is 0.0819. The number of hydrogen-bond donors (Lipinski definition) is 0. The molecule has 0 aliphatic heterocycles. The maximum absolute atomic E-state index is 13.7. The lowest BCUT2D eigenvalue weighted by molar-refractivity contribution is -0.125. The molecule has 2 nitrogen and oxygen atoms in total. The zero-order valence-corrected chi connectivity index (χ0v) is 19.7. The molecule has 27 heavy (non-hydrogen) atoms. The summed E-state index contributed by atoms with van der Waals surface area (Å²) in [7, 11) is 1.72. The standard InChI is InChI=1S/C23H38O2S2/c1-7-9-11-14-19(3)21(24)23(5,22(4,17-8-2)27-25-6)26-18-20-15-12-10-13-16-20/h10,12-13,15-16,19H,7-9,11,14,17-18H2,1-6H3/t19-,22?,23+/m1/s1. The molecule has 1 aromatic rings. The van der Waals surface area contributed by atoms with E-state index in [0.717, 1.165) is 31.4 Å². The summed E-state index contributed by atoms with van der Waals surface area (Å²) in [6, 6.07) is 10.5. The van der Waals surface area contributed by atoms with Crippen LogP contribution in [0.2, 0.25) is 0 Å². The molecule has 0 fully saturated rings. The molecule has 0 heterocycles. The Morgan fingerprint density at radius 1 is 1.11 bits per heavy atom. The first-order valence-corrected chi connectivity index (χ1v) is 12.0. The average molecular weight is 411 g/mol. The number of benzene rings is 1. The normalized spacial score (nSPS) is 17.1. The Kier molecular flexibility index (Phi) is 11.1. The highest BCUT2D eigenvalue weighted by Crippen LogP contribution is 2.50. The van der Waals surface area contributed by atoms with Gasteiger partial charge in [0.25, 0.3) is 0 Å². The van der Waals surface area contributed by atoms with Crippen LogP contribution < -0.4 is 0 Å². The van der Waals surface area contributed by atoms with Crippen LogP contribution in [0.4, 0.5) is 0 Å². The highest BCUT2D eigenvalue weighted by molar-refractivity contribution is 8.03. The molecule has 1 unspecified atom stereocenters. The van der Waals surface area contributed by atoms with Crippen LogP contribution in [0, 0.1) is 5.92 Å². The summed E-state index contributed by atoms with van der Waals surface area (Å²) in [5.41, 5.74) is 1.27. The molecular formula is C23H38O2S2. The van der Waals surface area contributed by atoms with Gasteiger partial charge < -0.3 is 4.18 Å². The fourth-order valence-electron chi connectivity index (χ4n) is 3.61. The fraction of sp³-hybridized carbons (Fsp3) is 0.696. The van der Waals surface area contributed by atoms with E-state index in [4.69, 9.17) is 4.18 Å². The van der Waals surface area contributed by atoms with E-state index in [1.807, 2.05) is 6.07 Å². The molecule has 0 amide bonds. The zero-order valence-electron chi connectivity index (χ0n) is 18.0. The third kappa shape index (κ3) is 6.83. The lowest BCUT2D eigenvalue weighted by atomic mass is 9.80. The van der Waals surface area contributed by atoms with E-state index in [9.17, 15) is 4.79 Å². The summed E-state index contributed by atoms with van der Waals surface area (Å²) >= 11 is 3.27.